The Balaban J connectivity index is 2.02. The molecule has 1 saturated heterocycles. The zero-order valence-corrected chi connectivity index (χ0v) is 13.6. The molecule has 118 valence electrons. The van der Waals surface area contributed by atoms with Crippen molar-refractivity contribution in [1.82, 2.24) is 10.2 Å². The molecule has 1 heterocycles. The van der Waals surface area contributed by atoms with Crippen molar-refractivity contribution < 1.29 is 9.13 Å². The van der Waals surface area contributed by atoms with E-state index in [1.807, 2.05) is 20.0 Å². The lowest BCUT2D eigenvalue weighted by atomic mass is 10.0. The molecule has 0 aromatic heterocycles. The van der Waals surface area contributed by atoms with Gasteiger partial charge in [0.25, 0.3) is 0 Å². The van der Waals surface area contributed by atoms with Crippen LogP contribution in [0.15, 0.2) is 12.1 Å². The zero-order chi connectivity index (χ0) is 15.4. The third-order valence-corrected chi connectivity index (χ3v) is 4.57. The van der Waals surface area contributed by atoms with E-state index >= 15 is 0 Å². The molecule has 0 amide bonds. The van der Waals surface area contributed by atoms with Crippen LogP contribution in [0.3, 0.4) is 0 Å². The van der Waals surface area contributed by atoms with Crippen LogP contribution in [0.25, 0.3) is 0 Å². The Labute approximate surface area is 127 Å². The highest BCUT2D eigenvalue weighted by Crippen LogP contribution is 2.28. The van der Waals surface area contributed by atoms with Crippen LogP contribution in [0.5, 0.6) is 5.75 Å². The Morgan fingerprint density at radius 3 is 2.86 bits per heavy atom. The van der Waals surface area contributed by atoms with E-state index in [-0.39, 0.29) is 11.9 Å². The van der Waals surface area contributed by atoms with Gasteiger partial charge in [-0.1, -0.05) is 0 Å². The summed E-state index contributed by atoms with van der Waals surface area (Å²) in [6.07, 6.45) is 3.56. The van der Waals surface area contributed by atoms with Crippen LogP contribution >= 0.6 is 0 Å². The molecule has 1 aliphatic heterocycles. The van der Waals surface area contributed by atoms with E-state index in [1.165, 1.54) is 19.4 Å². The van der Waals surface area contributed by atoms with Crippen LogP contribution in [-0.4, -0.2) is 38.2 Å². The first kappa shape index (κ1) is 16.2. The van der Waals surface area contributed by atoms with E-state index in [1.54, 1.807) is 13.0 Å². The van der Waals surface area contributed by atoms with Crippen molar-refractivity contribution in [2.45, 2.75) is 45.2 Å². The summed E-state index contributed by atoms with van der Waals surface area (Å²) in [7, 11) is 4.05. The van der Waals surface area contributed by atoms with Gasteiger partial charge in [0, 0.05) is 17.6 Å². The maximum absolute atomic E-state index is 13.8. The number of hydrogen-bond acceptors (Lipinski definition) is 3. The largest absolute Gasteiger partial charge is 0.493 e. The number of hydrogen-bond donors (Lipinski definition) is 1. The van der Waals surface area contributed by atoms with Gasteiger partial charge in [-0.2, -0.15) is 0 Å². The van der Waals surface area contributed by atoms with E-state index in [9.17, 15) is 4.39 Å². The Hall–Kier alpha value is -1.13. The Kier molecular flexibility index (Phi) is 5.59. The summed E-state index contributed by atoms with van der Waals surface area (Å²) >= 11 is 0. The maximum atomic E-state index is 13.8. The van der Waals surface area contributed by atoms with Crippen LogP contribution in [0.4, 0.5) is 4.39 Å². The molecule has 2 unspecified atom stereocenters. The van der Waals surface area contributed by atoms with Crippen LogP contribution < -0.4 is 10.1 Å². The maximum Gasteiger partial charge on any atom is 0.126 e. The first-order valence-electron chi connectivity index (χ1n) is 7.83. The van der Waals surface area contributed by atoms with Gasteiger partial charge >= 0.3 is 0 Å². The number of aryl methyl sites for hydroxylation is 1. The molecule has 0 radical (unpaired) electrons. The number of benzene rings is 1. The summed E-state index contributed by atoms with van der Waals surface area (Å²) < 4.78 is 19.8. The minimum absolute atomic E-state index is 0.0734. The highest BCUT2D eigenvalue weighted by atomic mass is 19.1. The fourth-order valence-electron chi connectivity index (χ4n) is 2.94. The number of likely N-dealkylation sites (tertiary alicyclic amines) is 1. The lowest BCUT2D eigenvalue weighted by Gasteiger charge is -2.21. The minimum Gasteiger partial charge on any atom is -0.493 e. The van der Waals surface area contributed by atoms with Crippen LogP contribution in [0, 0.1) is 12.7 Å². The molecule has 21 heavy (non-hydrogen) atoms. The molecule has 0 spiro atoms. The fourth-order valence-corrected chi connectivity index (χ4v) is 2.94. The van der Waals surface area contributed by atoms with Gasteiger partial charge in [0.2, 0.25) is 0 Å². The fraction of sp³-hybridized carbons (Fsp3) is 0.647. The van der Waals surface area contributed by atoms with Crippen LogP contribution in [0.1, 0.15) is 43.4 Å². The molecule has 1 aromatic carbocycles. The van der Waals surface area contributed by atoms with Gasteiger partial charge in [0.05, 0.1) is 6.61 Å². The molecule has 0 saturated carbocycles. The molecule has 0 bridgehead atoms. The summed E-state index contributed by atoms with van der Waals surface area (Å²) in [5, 5.41) is 3.15. The average molecular weight is 294 g/mol. The quantitative estimate of drug-likeness (QED) is 0.871. The Bertz CT molecular complexity index is 478. The summed E-state index contributed by atoms with van der Waals surface area (Å²) in [5.41, 5.74) is 1.52. The lowest BCUT2D eigenvalue weighted by Crippen LogP contribution is -2.26. The topological polar surface area (TPSA) is 24.5 Å². The number of halogens is 1. The van der Waals surface area contributed by atoms with Crippen molar-refractivity contribution in [2.24, 2.45) is 0 Å². The summed E-state index contributed by atoms with van der Waals surface area (Å²) in [6.45, 7) is 5.66. The third-order valence-electron chi connectivity index (χ3n) is 4.57. The molecule has 3 nitrogen and oxygen atoms in total. The molecular weight excluding hydrogens is 267 g/mol. The van der Waals surface area contributed by atoms with Gasteiger partial charge in [-0.3, -0.25) is 0 Å². The predicted octanol–water partition coefficient (Wildman–Crippen LogP) is 3.28. The van der Waals surface area contributed by atoms with E-state index in [4.69, 9.17) is 4.74 Å². The van der Waals surface area contributed by atoms with Crippen molar-refractivity contribution in [2.75, 3.05) is 27.2 Å². The molecule has 1 N–H and O–H groups in total. The van der Waals surface area contributed by atoms with Crippen molar-refractivity contribution >= 4 is 0 Å². The van der Waals surface area contributed by atoms with Crippen LogP contribution in [0.2, 0.25) is 0 Å². The van der Waals surface area contributed by atoms with Crippen molar-refractivity contribution in [1.29, 1.82) is 0 Å². The van der Waals surface area contributed by atoms with E-state index in [0.29, 0.717) is 18.2 Å². The van der Waals surface area contributed by atoms with E-state index in [2.05, 4.69) is 17.3 Å². The van der Waals surface area contributed by atoms with Gasteiger partial charge in [-0.15, -0.1) is 0 Å². The van der Waals surface area contributed by atoms with Crippen molar-refractivity contribution in [3.63, 3.8) is 0 Å². The van der Waals surface area contributed by atoms with Gasteiger partial charge in [-0.05, 0) is 71.4 Å². The second-order valence-corrected chi connectivity index (χ2v) is 6.06. The highest BCUT2D eigenvalue weighted by Gasteiger charge is 2.21. The second-order valence-electron chi connectivity index (χ2n) is 6.06. The molecular formula is C17H27FN2O. The van der Waals surface area contributed by atoms with Crippen molar-refractivity contribution in [3.8, 4) is 5.75 Å². The predicted molar refractivity (Wildman–Crippen MR) is 84.4 cm³/mol. The molecule has 2 rings (SSSR count). The van der Waals surface area contributed by atoms with E-state index < -0.39 is 0 Å². The average Bonchev–Trinajstić information content (AvgIpc) is 2.87. The molecule has 0 aliphatic carbocycles. The summed E-state index contributed by atoms with van der Waals surface area (Å²) in [5.74, 6) is 0.631. The molecule has 1 aliphatic rings. The molecule has 2 atom stereocenters. The van der Waals surface area contributed by atoms with Gasteiger partial charge in [-0.25, -0.2) is 4.39 Å². The zero-order valence-electron chi connectivity index (χ0n) is 13.6. The number of nitrogens with one attached hydrogen (secondary N) is 1. The van der Waals surface area contributed by atoms with Crippen LogP contribution in [-0.2, 0) is 0 Å². The number of ether oxygens (including phenoxy) is 1. The monoisotopic (exact) mass is 294 g/mol. The molecule has 1 fully saturated rings. The normalized spacial score (nSPS) is 20.7. The molecule has 4 heteroatoms. The SMILES string of the molecule is CNC(C)c1cc(F)c(C)cc1OCCC1CCCN1C. The first-order chi connectivity index (χ1) is 10.0. The highest BCUT2D eigenvalue weighted by molar-refractivity contribution is 5.40. The Morgan fingerprint density at radius 1 is 1.48 bits per heavy atom. The summed E-state index contributed by atoms with van der Waals surface area (Å²) in [6, 6.07) is 4.10. The summed E-state index contributed by atoms with van der Waals surface area (Å²) in [4.78, 5) is 2.40. The lowest BCUT2D eigenvalue weighted by molar-refractivity contribution is 0.231. The van der Waals surface area contributed by atoms with Crippen molar-refractivity contribution in [3.05, 3.63) is 29.1 Å². The van der Waals surface area contributed by atoms with E-state index in [0.717, 1.165) is 17.7 Å². The smallest absolute Gasteiger partial charge is 0.126 e. The number of rotatable bonds is 6. The molecule has 1 aromatic rings. The number of nitrogens with zero attached hydrogens (tertiary/aromatic N) is 1. The standard InChI is InChI=1S/C17H27FN2O/c1-12-10-17(15(11-16(12)18)13(2)19-3)21-9-7-14-6-5-8-20(14)4/h10-11,13-14,19H,5-9H2,1-4H3. The van der Waals surface area contributed by atoms with Gasteiger partial charge in [0.15, 0.2) is 0 Å². The Morgan fingerprint density at radius 2 is 2.24 bits per heavy atom. The second kappa shape index (κ2) is 7.23. The first-order valence-corrected chi connectivity index (χ1v) is 7.83. The van der Waals surface area contributed by atoms with Gasteiger partial charge < -0.3 is 15.0 Å². The third kappa shape index (κ3) is 3.95. The minimum atomic E-state index is -0.171. The van der Waals surface area contributed by atoms with Gasteiger partial charge in [0.1, 0.15) is 11.6 Å².